The Morgan fingerprint density at radius 2 is 1.56 bits per heavy atom. The summed E-state index contributed by atoms with van der Waals surface area (Å²) < 4.78 is 16.7. The number of carbonyl (C=O) groups is 1. The number of anilines is 1. The fourth-order valence-corrected chi connectivity index (χ4v) is 5.45. The van der Waals surface area contributed by atoms with E-state index in [1.165, 1.54) is 16.8 Å². The third-order valence-electron chi connectivity index (χ3n) is 7.78. The lowest BCUT2D eigenvalue weighted by molar-refractivity contribution is -0.120. The number of hydrogen-bond donors (Lipinski definition) is 1. The first-order valence-corrected chi connectivity index (χ1v) is 13.9. The zero-order valence-corrected chi connectivity index (χ0v) is 23.0. The van der Waals surface area contributed by atoms with Gasteiger partial charge in [0.05, 0.1) is 33.4 Å². The highest BCUT2D eigenvalue weighted by molar-refractivity contribution is 5.78. The molecule has 0 aromatic heterocycles. The lowest BCUT2D eigenvalue weighted by Crippen LogP contribution is -2.46. The maximum absolute atomic E-state index is 12.6. The van der Waals surface area contributed by atoms with Crippen molar-refractivity contribution in [2.75, 3.05) is 58.5 Å². The van der Waals surface area contributed by atoms with Gasteiger partial charge in [-0.3, -0.25) is 9.69 Å². The largest absolute Gasteiger partial charge is 0.497 e. The van der Waals surface area contributed by atoms with E-state index in [9.17, 15) is 4.79 Å². The van der Waals surface area contributed by atoms with E-state index in [-0.39, 0.29) is 12.0 Å². The molecule has 2 aliphatic rings. The molecule has 7 heteroatoms. The minimum Gasteiger partial charge on any atom is -0.497 e. The van der Waals surface area contributed by atoms with Crippen LogP contribution in [-0.2, 0) is 28.9 Å². The summed E-state index contributed by atoms with van der Waals surface area (Å²) >= 11 is 0. The number of nitrogens with zero attached hydrogens (tertiary/aromatic N) is 2. The van der Waals surface area contributed by atoms with Gasteiger partial charge in [0, 0.05) is 45.0 Å². The Labute approximate surface area is 231 Å². The molecule has 39 heavy (non-hydrogen) atoms. The van der Waals surface area contributed by atoms with Gasteiger partial charge in [-0.2, -0.15) is 0 Å². The summed E-state index contributed by atoms with van der Waals surface area (Å²) in [6.45, 7) is 6.42. The predicted molar refractivity (Wildman–Crippen MR) is 154 cm³/mol. The Hall–Kier alpha value is -3.55. The first kappa shape index (κ1) is 27.0. The molecule has 0 radical (unpaired) electrons. The quantitative estimate of drug-likeness (QED) is 0.420. The van der Waals surface area contributed by atoms with Crippen LogP contribution in [-0.4, -0.2) is 64.4 Å². The number of methoxy groups -OCH3 is 2. The first-order chi connectivity index (χ1) is 19.1. The maximum atomic E-state index is 12.6. The van der Waals surface area contributed by atoms with E-state index >= 15 is 0 Å². The van der Waals surface area contributed by atoms with Gasteiger partial charge in [-0.1, -0.05) is 30.3 Å². The molecule has 1 atom stereocenters. The SMILES string of the molecule is COc1ccc(CNC(=O)Cc2ccc3c(c2)CCOC3CCN2CCN(c3ccc(OC)cc3)CC2)cc1. The molecule has 0 aliphatic carbocycles. The first-order valence-electron chi connectivity index (χ1n) is 13.9. The summed E-state index contributed by atoms with van der Waals surface area (Å²) in [4.78, 5) is 17.6. The fraction of sp³-hybridized carbons (Fsp3) is 0.406. The van der Waals surface area contributed by atoms with Crippen molar-refractivity contribution in [2.45, 2.75) is 31.9 Å². The minimum atomic E-state index is 0.0307. The summed E-state index contributed by atoms with van der Waals surface area (Å²) in [7, 11) is 3.35. The van der Waals surface area contributed by atoms with E-state index in [0.717, 1.165) is 74.8 Å². The summed E-state index contributed by atoms with van der Waals surface area (Å²) in [6.07, 6.45) is 2.38. The normalized spacial score (nSPS) is 17.4. The highest BCUT2D eigenvalue weighted by Gasteiger charge is 2.24. The second-order valence-corrected chi connectivity index (χ2v) is 10.3. The number of carbonyl (C=O) groups excluding carboxylic acids is 1. The molecule has 206 valence electrons. The van der Waals surface area contributed by atoms with Crippen LogP contribution >= 0.6 is 0 Å². The van der Waals surface area contributed by atoms with E-state index < -0.39 is 0 Å². The molecule has 1 unspecified atom stereocenters. The lowest BCUT2D eigenvalue weighted by atomic mass is 9.93. The van der Waals surface area contributed by atoms with Gasteiger partial charge in [0.1, 0.15) is 11.5 Å². The van der Waals surface area contributed by atoms with Crippen molar-refractivity contribution in [1.29, 1.82) is 0 Å². The number of fused-ring (bicyclic) bond motifs is 1. The number of rotatable bonds is 10. The van der Waals surface area contributed by atoms with Crippen LogP contribution < -0.4 is 19.7 Å². The number of amides is 1. The van der Waals surface area contributed by atoms with Crippen LogP contribution in [0.15, 0.2) is 66.7 Å². The van der Waals surface area contributed by atoms with Crippen LogP contribution in [0.5, 0.6) is 11.5 Å². The third kappa shape index (κ3) is 7.11. The van der Waals surface area contributed by atoms with Gasteiger partial charge >= 0.3 is 0 Å². The van der Waals surface area contributed by atoms with Crippen molar-refractivity contribution >= 4 is 11.6 Å². The molecule has 0 spiro atoms. The van der Waals surface area contributed by atoms with E-state index in [0.29, 0.717) is 13.0 Å². The highest BCUT2D eigenvalue weighted by atomic mass is 16.5. The number of benzene rings is 3. The summed E-state index contributed by atoms with van der Waals surface area (Å²) in [6, 6.07) is 22.6. The third-order valence-corrected chi connectivity index (χ3v) is 7.78. The maximum Gasteiger partial charge on any atom is 0.224 e. The molecule has 5 rings (SSSR count). The molecule has 2 aliphatic heterocycles. The van der Waals surface area contributed by atoms with Crippen molar-refractivity contribution in [1.82, 2.24) is 10.2 Å². The number of ether oxygens (including phenoxy) is 3. The zero-order chi connectivity index (χ0) is 27.0. The molecule has 2 heterocycles. The Morgan fingerprint density at radius 1 is 0.897 bits per heavy atom. The van der Waals surface area contributed by atoms with E-state index in [2.05, 4.69) is 45.4 Å². The molecule has 1 amide bonds. The van der Waals surface area contributed by atoms with Crippen molar-refractivity contribution in [3.8, 4) is 11.5 Å². The molecule has 0 saturated carbocycles. The standard InChI is InChI=1S/C32H39N3O4/c1-37-28-8-3-24(4-9-28)23-33-32(36)22-25-5-12-30-26(21-25)14-20-39-31(30)13-15-34-16-18-35(19-17-34)27-6-10-29(38-2)11-7-27/h3-12,21,31H,13-20,22-23H2,1-2H3,(H,33,36). The minimum absolute atomic E-state index is 0.0307. The Balaban J connectivity index is 1.09. The zero-order valence-electron chi connectivity index (χ0n) is 23.0. The van der Waals surface area contributed by atoms with Gasteiger partial charge in [-0.25, -0.2) is 0 Å². The second-order valence-electron chi connectivity index (χ2n) is 10.3. The molecular formula is C32H39N3O4. The summed E-state index contributed by atoms with van der Waals surface area (Å²) in [5, 5.41) is 3.03. The number of hydrogen-bond acceptors (Lipinski definition) is 6. The molecule has 7 nitrogen and oxygen atoms in total. The van der Waals surface area contributed by atoms with Gasteiger partial charge in [-0.15, -0.1) is 0 Å². The Morgan fingerprint density at radius 3 is 2.26 bits per heavy atom. The molecule has 3 aromatic carbocycles. The van der Waals surface area contributed by atoms with Crippen molar-refractivity contribution in [2.24, 2.45) is 0 Å². The molecule has 1 N–H and O–H groups in total. The molecule has 1 saturated heterocycles. The van der Waals surface area contributed by atoms with Crippen LogP contribution in [0, 0.1) is 0 Å². The molecule has 1 fully saturated rings. The van der Waals surface area contributed by atoms with Gasteiger partial charge in [0.15, 0.2) is 0 Å². The van der Waals surface area contributed by atoms with Crippen molar-refractivity contribution < 1.29 is 19.0 Å². The average Bonchev–Trinajstić information content (AvgIpc) is 2.99. The van der Waals surface area contributed by atoms with Crippen LogP contribution in [0.3, 0.4) is 0 Å². The Kier molecular flexibility index (Phi) is 9.01. The highest BCUT2D eigenvalue weighted by Crippen LogP contribution is 2.31. The van der Waals surface area contributed by atoms with Crippen molar-refractivity contribution in [3.63, 3.8) is 0 Å². The average molecular weight is 530 g/mol. The molecular weight excluding hydrogens is 490 g/mol. The summed E-state index contributed by atoms with van der Waals surface area (Å²) in [5.74, 6) is 1.74. The van der Waals surface area contributed by atoms with Gasteiger partial charge < -0.3 is 24.4 Å². The van der Waals surface area contributed by atoms with E-state index in [4.69, 9.17) is 14.2 Å². The monoisotopic (exact) mass is 529 g/mol. The van der Waals surface area contributed by atoms with Crippen LogP contribution in [0.2, 0.25) is 0 Å². The van der Waals surface area contributed by atoms with Crippen LogP contribution in [0.1, 0.15) is 34.8 Å². The van der Waals surface area contributed by atoms with Gasteiger partial charge in [-0.05, 0) is 71.5 Å². The summed E-state index contributed by atoms with van der Waals surface area (Å²) in [5.41, 5.74) is 5.95. The van der Waals surface area contributed by atoms with Crippen molar-refractivity contribution in [3.05, 3.63) is 89.0 Å². The fourth-order valence-electron chi connectivity index (χ4n) is 5.45. The van der Waals surface area contributed by atoms with E-state index in [1.807, 2.05) is 36.4 Å². The second kappa shape index (κ2) is 13.0. The van der Waals surface area contributed by atoms with Crippen LogP contribution in [0.25, 0.3) is 0 Å². The topological polar surface area (TPSA) is 63.3 Å². The van der Waals surface area contributed by atoms with Crippen LogP contribution in [0.4, 0.5) is 5.69 Å². The number of piperazine rings is 1. The lowest BCUT2D eigenvalue weighted by Gasteiger charge is -2.37. The Bertz CT molecular complexity index is 1220. The number of nitrogens with one attached hydrogen (secondary N) is 1. The molecule has 0 bridgehead atoms. The smallest absolute Gasteiger partial charge is 0.224 e. The van der Waals surface area contributed by atoms with Gasteiger partial charge in [0.2, 0.25) is 5.91 Å². The van der Waals surface area contributed by atoms with E-state index in [1.54, 1.807) is 14.2 Å². The van der Waals surface area contributed by atoms with Gasteiger partial charge in [0.25, 0.3) is 0 Å². The predicted octanol–water partition coefficient (Wildman–Crippen LogP) is 4.39. The molecule has 3 aromatic rings.